The molecule has 1 aromatic rings. The van der Waals surface area contributed by atoms with Gasteiger partial charge in [0.25, 0.3) is 0 Å². The summed E-state index contributed by atoms with van der Waals surface area (Å²) >= 11 is 0. The van der Waals surface area contributed by atoms with Crippen molar-refractivity contribution in [3.8, 4) is 0 Å². The third-order valence-corrected chi connectivity index (χ3v) is 5.30. The van der Waals surface area contributed by atoms with E-state index in [0.29, 0.717) is 13.0 Å². The van der Waals surface area contributed by atoms with Crippen molar-refractivity contribution in [3.05, 3.63) is 35.9 Å². The molecule has 1 N–H and O–H groups in total. The third-order valence-electron chi connectivity index (χ3n) is 5.30. The Balaban J connectivity index is 0.00000280. The van der Waals surface area contributed by atoms with Gasteiger partial charge in [-0.05, 0) is 25.3 Å². The van der Waals surface area contributed by atoms with Gasteiger partial charge in [-0.15, -0.1) is 24.0 Å². The van der Waals surface area contributed by atoms with Crippen LogP contribution in [-0.2, 0) is 11.3 Å². The van der Waals surface area contributed by atoms with E-state index in [4.69, 9.17) is 4.99 Å². The second-order valence-corrected chi connectivity index (χ2v) is 7.32. The molecule has 0 aliphatic carbocycles. The number of nitrogens with one attached hydrogen (secondary N) is 1. The lowest BCUT2D eigenvalue weighted by molar-refractivity contribution is -0.129. The second-order valence-electron chi connectivity index (χ2n) is 7.32. The Hall–Kier alpha value is -1.35. The van der Waals surface area contributed by atoms with Crippen LogP contribution < -0.4 is 5.32 Å². The van der Waals surface area contributed by atoms with Crippen molar-refractivity contribution in [1.82, 2.24) is 20.0 Å². The highest BCUT2D eigenvalue weighted by molar-refractivity contribution is 14.0. The number of rotatable bonds is 6. The van der Waals surface area contributed by atoms with Crippen LogP contribution in [0.5, 0.6) is 0 Å². The van der Waals surface area contributed by atoms with Crippen LogP contribution >= 0.6 is 24.0 Å². The summed E-state index contributed by atoms with van der Waals surface area (Å²) in [4.78, 5) is 23.7. The van der Waals surface area contributed by atoms with Crippen LogP contribution in [-0.4, -0.2) is 78.9 Å². The molecule has 3 rings (SSSR count). The number of hydrogen-bond donors (Lipinski definition) is 1. The molecule has 6 nitrogen and oxygen atoms in total. The minimum Gasteiger partial charge on any atom is -0.357 e. The number of benzene rings is 1. The van der Waals surface area contributed by atoms with E-state index in [0.717, 1.165) is 71.2 Å². The largest absolute Gasteiger partial charge is 0.357 e. The van der Waals surface area contributed by atoms with E-state index < -0.39 is 0 Å². The van der Waals surface area contributed by atoms with E-state index in [1.54, 1.807) is 0 Å². The molecular formula is C21H34IN5O. The summed E-state index contributed by atoms with van der Waals surface area (Å²) in [6, 6.07) is 10.6. The van der Waals surface area contributed by atoms with Gasteiger partial charge >= 0.3 is 0 Å². The van der Waals surface area contributed by atoms with Crippen molar-refractivity contribution in [3.63, 3.8) is 0 Å². The van der Waals surface area contributed by atoms with Crippen LogP contribution in [0, 0.1) is 0 Å². The Morgan fingerprint density at radius 2 is 1.68 bits per heavy atom. The minimum atomic E-state index is 0. The van der Waals surface area contributed by atoms with Gasteiger partial charge in [0.15, 0.2) is 5.96 Å². The standard InChI is InChI=1S/C21H33N5O.HI/c1-2-22-21(23-11-10-20(27)25-12-6-7-13-25)26-16-14-24(15-17-26)18-19-8-4-3-5-9-19;/h3-5,8-9H,2,6-7,10-18H2,1H3,(H,22,23);1H. The third kappa shape index (κ3) is 6.92. The normalized spacial score (nSPS) is 18.1. The van der Waals surface area contributed by atoms with E-state index in [1.807, 2.05) is 4.90 Å². The first-order valence-electron chi connectivity index (χ1n) is 10.3. The fourth-order valence-electron chi connectivity index (χ4n) is 3.77. The average molecular weight is 499 g/mol. The predicted octanol–water partition coefficient (Wildman–Crippen LogP) is 2.40. The van der Waals surface area contributed by atoms with Gasteiger partial charge in [-0.1, -0.05) is 30.3 Å². The van der Waals surface area contributed by atoms with Crippen LogP contribution in [0.3, 0.4) is 0 Å². The fraction of sp³-hybridized carbons (Fsp3) is 0.619. The molecule has 0 atom stereocenters. The molecule has 2 aliphatic rings. The molecule has 0 saturated carbocycles. The van der Waals surface area contributed by atoms with Crippen LogP contribution in [0.2, 0.25) is 0 Å². The zero-order chi connectivity index (χ0) is 18.9. The maximum atomic E-state index is 12.2. The first-order valence-corrected chi connectivity index (χ1v) is 10.3. The van der Waals surface area contributed by atoms with Gasteiger partial charge in [0.2, 0.25) is 5.91 Å². The van der Waals surface area contributed by atoms with Crippen LogP contribution in [0.4, 0.5) is 0 Å². The summed E-state index contributed by atoms with van der Waals surface area (Å²) < 4.78 is 0. The van der Waals surface area contributed by atoms with Crippen molar-refractivity contribution in [2.45, 2.75) is 32.7 Å². The molecule has 1 aromatic carbocycles. The molecule has 2 saturated heterocycles. The lowest BCUT2D eigenvalue weighted by Gasteiger charge is -2.36. The average Bonchev–Trinajstić information content (AvgIpc) is 3.24. The Kier molecular flexibility index (Phi) is 10.0. The van der Waals surface area contributed by atoms with E-state index in [-0.39, 0.29) is 29.9 Å². The number of halogens is 1. The van der Waals surface area contributed by atoms with Gasteiger partial charge in [0.1, 0.15) is 0 Å². The van der Waals surface area contributed by atoms with Gasteiger partial charge in [-0.2, -0.15) is 0 Å². The topological polar surface area (TPSA) is 51.2 Å². The first kappa shape index (κ1) is 22.9. The van der Waals surface area contributed by atoms with Gasteiger partial charge in [0, 0.05) is 58.8 Å². The van der Waals surface area contributed by atoms with Gasteiger partial charge < -0.3 is 15.1 Å². The molecule has 1 amide bonds. The number of carbonyl (C=O) groups excluding carboxylic acids is 1. The summed E-state index contributed by atoms with van der Waals surface area (Å²) in [5.41, 5.74) is 1.37. The highest BCUT2D eigenvalue weighted by Gasteiger charge is 2.20. The maximum Gasteiger partial charge on any atom is 0.224 e. The van der Waals surface area contributed by atoms with E-state index in [9.17, 15) is 4.79 Å². The molecule has 2 heterocycles. The zero-order valence-corrected chi connectivity index (χ0v) is 19.3. The molecule has 2 aliphatic heterocycles. The number of likely N-dealkylation sites (tertiary alicyclic amines) is 1. The van der Waals surface area contributed by atoms with Crippen molar-refractivity contribution in [2.75, 3.05) is 52.4 Å². The molecule has 28 heavy (non-hydrogen) atoms. The molecule has 0 radical (unpaired) electrons. The molecule has 0 unspecified atom stereocenters. The minimum absolute atomic E-state index is 0. The number of aliphatic imine (C=N–C) groups is 1. The zero-order valence-electron chi connectivity index (χ0n) is 17.0. The Labute approximate surface area is 186 Å². The predicted molar refractivity (Wildman–Crippen MR) is 125 cm³/mol. The summed E-state index contributed by atoms with van der Waals surface area (Å²) in [7, 11) is 0. The lowest BCUT2D eigenvalue weighted by atomic mass is 10.2. The summed E-state index contributed by atoms with van der Waals surface area (Å²) in [6.45, 7) is 10.4. The Morgan fingerprint density at radius 1 is 1.00 bits per heavy atom. The van der Waals surface area contributed by atoms with Gasteiger partial charge in [0.05, 0.1) is 6.54 Å². The SMILES string of the molecule is CCNC(=NCCC(=O)N1CCCC1)N1CCN(Cc2ccccc2)CC1.I. The molecule has 156 valence electrons. The quantitative estimate of drug-likeness (QED) is 0.371. The van der Waals surface area contributed by atoms with Crippen LogP contribution in [0.1, 0.15) is 31.7 Å². The Morgan fingerprint density at radius 3 is 2.32 bits per heavy atom. The number of nitrogens with zero attached hydrogens (tertiary/aromatic N) is 4. The van der Waals surface area contributed by atoms with Crippen molar-refractivity contribution in [2.24, 2.45) is 4.99 Å². The smallest absolute Gasteiger partial charge is 0.224 e. The number of guanidine groups is 1. The number of amides is 1. The highest BCUT2D eigenvalue weighted by atomic mass is 127. The number of piperazine rings is 1. The second kappa shape index (κ2) is 12.3. The monoisotopic (exact) mass is 499 g/mol. The molecule has 0 spiro atoms. The van der Waals surface area contributed by atoms with E-state index in [2.05, 4.69) is 52.4 Å². The summed E-state index contributed by atoms with van der Waals surface area (Å²) in [5.74, 6) is 1.20. The fourth-order valence-corrected chi connectivity index (χ4v) is 3.77. The van der Waals surface area contributed by atoms with Crippen molar-refractivity contribution < 1.29 is 4.79 Å². The van der Waals surface area contributed by atoms with Gasteiger partial charge in [-0.25, -0.2) is 0 Å². The first-order chi connectivity index (χ1) is 13.3. The summed E-state index contributed by atoms with van der Waals surface area (Å²) in [5, 5.41) is 3.39. The Bertz CT molecular complexity index is 610. The lowest BCUT2D eigenvalue weighted by Crippen LogP contribution is -2.52. The van der Waals surface area contributed by atoms with Gasteiger partial charge in [-0.3, -0.25) is 14.7 Å². The molecule has 0 aromatic heterocycles. The number of hydrogen-bond acceptors (Lipinski definition) is 3. The van der Waals surface area contributed by atoms with Crippen LogP contribution in [0.25, 0.3) is 0 Å². The van der Waals surface area contributed by atoms with Crippen LogP contribution in [0.15, 0.2) is 35.3 Å². The summed E-state index contributed by atoms with van der Waals surface area (Å²) in [6.07, 6.45) is 2.80. The van der Waals surface area contributed by atoms with Crippen molar-refractivity contribution >= 4 is 35.8 Å². The molecule has 0 bridgehead atoms. The molecule has 2 fully saturated rings. The number of carbonyl (C=O) groups is 1. The van der Waals surface area contributed by atoms with E-state index in [1.165, 1.54) is 5.56 Å². The van der Waals surface area contributed by atoms with E-state index >= 15 is 0 Å². The maximum absolute atomic E-state index is 12.2. The highest BCUT2D eigenvalue weighted by Crippen LogP contribution is 2.10. The molecular weight excluding hydrogens is 465 g/mol. The molecule has 7 heteroatoms. The van der Waals surface area contributed by atoms with Crippen molar-refractivity contribution in [1.29, 1.82) is 0 Å².